The number of carbonyl (C=O) groups excluding carboxylic acids is 1. The molecule has 0 bridgehead atoms. The van der Waals surface area contributed by atoms with Crippen LogP contribution in [-0.2, 0) is 4.79 Å². The molecule has 23 heavy (non-hydrogen) atoms. The lowest BCUT2D eigenvalue weighted by molar-refractivity contribution is -0.115. The van der Waals surface area contributed by atoms with E-state index in [9.17, 15) is 18.7 Å². The molecule has 5 heteroatoms. The summed E-state index contributed by atoms with van der Waals surface area (Å²) in [5.41, 5.74) is 0.990. The monoisotopic (exact) mass is 332 g/mol. The fourth-order valence-electron chi connectivity index (χ4n) is 2.62. The minimum Gasteiger partial charge on any atom is -0.511 e. The second kappa shape index (κ2) is 6.54. The molecular formula is C18H14F2O2S. The minimum absolute atomic E-state index is 0.0381. The molecule has 0 aromatic heterocycles. The Labute approximate surface area is 136 Å². The van der Waals surface area contributed by atoms with Gasteiger partial charge in [0.25, 0.3) is 0 Å². The van der Waals surface area contributed by atoms with Gasteiger partial charge in [0.1, 0.15) is 17.4 Å². The van der Waals surface area contributed by atoms with Crippen molar-refractivity contribution in [2.45, 2.75) is 23.7 Å². The summed E-state index contributed by atoms with van der Waals surface area (Å²) in [6, 6.07) is 12.7. The average molecular weight is 332 g/mol. The number of carbonyl (C=O) groups is 1. The lowest BCUT2D eigenvalue weighted by atomic mass is 9.86. The van der Waals surface area contributed by atoms with Crippen LogP contribution in [0.4, 0.5) is 8.78 Å². The molecule has 0 fully saturated rings. The smallest absolute Gasteiger partial charge is 0.173 e. The number of halogens is 2. The molecule has 2 aromatic rings. The molecule has 0 radical (unpaired) electrons. The predicted octanol–water partition coefficient (Wildman–Crippen LogP) is 4.97. The molecule has 1 atom stereocenters. The normalized spacial score (nSPS) is 18.3. The van der Waals surface area contributed by atoms with Gasteiger partial charge in [0.05, 0.1) is 4.91 Å². The highest BCUT2D eigenvalue weighted by Crippen LogP contribution is 2.40. The van der Waals surface area contributed by atoms with Crippen LogP contribution in [0.1, 0.15) is 24.3 Å². The maximum absolute atomic E-state index is 13.7. The van der Waals surface area contributed by atoms with Crippen LogP contribution in [0.2, 0.25) is 0 Å². The van der Waals surface area contributed by atoms with E-state index in [1.54, 1.807) is 0 Å². The van der Waals surface area contributed by atoms with E-state index >= 15 is 0 Å². The van der Waals surface area contributed by atoms with Gasteiger partial charge < -0.3 is 5.11 Å². The highest BCUT2D eigenvalue weighted by molar-refractivity contribution is 8.04. The van der Waals surface area contributed by atoms with Gasteiger partial charge in [-0.05, 0) is 23.6 Å². The van der Waals surface area contributed by atoms with Crippen molar-refractivity contribution in [1.29, 1.82) is 0 Å². The van der Waals surface area contributed by atoms with Crippen molar-refractivity contribution in [3.63, 3.8) is 0 Å². The van der Waals surface area contributed by atoms with Gasteiger partial charge in [-0.3, -0.25) is 4.79 Å². The van der Waals surface area contributed by atoms with Crippen LogP contribution >= 0.6 is 11.8 Å². The van der Waals surface area contributed by atoms with Gasteiger partial charge in [-0.1, -0.05) is 42.1 Å². The summed E-state index contributed by atoms with van der Waals surface area (Å²) in [4.78, 5) is 12.6. The van der Waals surface area contributed by atoms with Crippen molar-refractivity contribution in [2.75, 3.05) is 0 Å². The first-order valence-corrected chi connectivity index (χ1v) is 7.99. The van der Waals surface area contributed by atoms with Crippen LogP contribution in [0.15, 0.2) is 64.1 Å². The summed E-state index contributed by atoms with van der Waals surface area (Å²) in [6.45, 7) is 0. The molecule has 2 aromatic carbocycles. The van der Waals surface area contributed by atoms with E-state index in [1.807, 2.05) is 30.3 Å². The molecule has 0 heterocycles. The van der Waals surface area contributed by atoms with E-state index in [1.165, 1.54) is 6.07 Å². The van der Waals surface area contributed by atoms with Gasteiger partial charge in [0.2, 0.25) is 0 Å². The van der Waals surface area contributed by atoms with Crippen LogP contribution in [0.5, 0.6) is 0 Å². The molecule has 0 aliphatic heterocycles. The number of benzene rings is 2. The molecular weight excluding hydrogens is 318 g/mol. The predicted molar refractivity (Wildman–Crippen MR) is 85.3 cm³/mol. The van der Waals surface area contributed by atoms with Gasteiger partial charge >= 0.3 is 0 Å². The molecule has 1 N–H and O–H groups in total. The number of allylic oxidation sites excluding steroid dienone is 2. The fourth-order valence-corrected chi connectivity index (χ4v) is 3.53. The second-order valence-corrected chi connectivity index (χ2v) is 6.44. The minimum atomic E-state index is -0.742. The Bertz CT molecular complexity index is 772. The second-order valence-electron chi connectivity index (χ2n) is 5.39. The van der Waals surface area contributed by atoms with Gasteiger partial charge in [-0.25, -0.2) is 8.78 Å². The Balaban J connectivity index is 1.84. The largest absolute Gasteiger partial charge is 0.511 e. The number of thioether (sulfide) groups is 1. The number of hydrogen-bond donors (Lipinski definition) is 1. The molecule has 3 rings (SSSR count). The lowest BCUT2D eigenvalue weighted by Crippen LogP contribution is -2.17. The van der Waals surface area contributed by atoms with E-state index in [0.29, 0.717) is 6.42 Å². The molecule has 1 aliphatic rings. The Kier molecular flexibility index (Phi) is 4.48. The summed E-state index contributed by atoms with van der Waals surface area (Å²) in [5.74, 6) is -1.76. The molecule has 1 aliphatic carbocycles. The maximum Gasteiger partial charge on any atom is 0.173 e. The third kappa shape index (κ3) is 3.45. The maximum atomic E-state index is 13.7. The zero-order valence-corrected chi connectivity index (χ0v) is 12.9. The topological polar surface area (TPSA) is 37.3 Å². The van der Waals surface area contributed by atoms with E-state index in [0.717, 1.165) is 29.5 Å². The number of aliphatic hydroxyl groups excluding tert-OH is 1. The molecule has 1 unspecified atom stereocenters. The van der Waals surface area contributed by atoms with E-state index in [2.05, 4.69) is 0 Å². The van der Waals surface area contributed by atoms with Crippen molar-refractivity contribution < 1.29 is 18.7 Å². The van der Waals surface area contributed by atoms with Crippen LogP contribution in [0, 0.1) is 11.6 Å². The van der Waals surface area contributed by atoms with Gasteiger partial charge in [-0.15, -0.1) is 0 Å². The van der Waals surface area contributed by atoms with Gasteiger partial charge in [-0.2, -0.15) is 0 Å². The summed E-state index contributed by atoms with van der Waals surface area (Å²) in [7, 11) is 0. The average Bonchev–Trinajstić information content (AvgIpc) is 2.53. The van der Waals surface area contributed by atoms with E-state index < -0.39 is 11.6 Å². The van der Waals surface area contributed by atoms with Crippen LogP contribution in [0.25, 0.3) is 0 Å². The Hall–Kier alpha value is -2.14. The lowest BCUT2D eigenvalue weighted by Gasteiger charge is -2.23. The van der Waals surface area contributed by atoms with Crippen molar-refractivity contribution in [1.82, 2.24) is 0 Å². The summed E-state index contributed by atoms with van der Waals surface area (Å²) >= 11 is 0.852. The molecule has 0 amide bonds. The third-order valence-corrected chi connectivity index (χ3v) is 4.98. The Morgan fingerprint density at radius 2 is 1.78 bits per heavy atom. The number of Topliss-reactive ketones (excluding diaryl/α,β-unsaturated/α-hetero) is 1. The number of aliphatic hydroxyl groups is 1. The Morgan fingerprint density at radius 1 is 1.04 bits per heavy atom. The zero-order valence-electron chi connectivity index (χ0n) is 12.1. The third-order valence-electron chi connectivity index (χ3n) is 3.76. The zero-order chi connectivity index (χ0) is 16.4. The van der Waals surface area contributed by atoms with Gasteiger partial charge in [0.15, 0.2) is 5.78 Å². The molecule has 2 nitrogen and oxygen atoms in total. The first-order chi connectivity index (χ1) is 11.0. The highest BCUT2D eigenvalue weighted by atomic mass is 32.2. The quantitative estimate of drug-likeness (QED) is 0.862. The van der Waals surface area contributed by atoms with E-state index in [4.69, 9.17) is 0 Å². The van der Waals surface area contributed by atoms with E-state index in [-0.39, 0.29) is 33.7 Å². The number of rotatable bonds is 3. The first kappa shape index (κ1) is 15.7. The first-order valence-electron chi connectivity index (χ1n) is 7.17. The number of ketones is 1. The SMILES string of the molecule is O=C1CC(c2ccccc2)CC(O)=C1Sc1ccc(F)cc1F. The standard InChI is InChI=1S/C18H14F2O2S/c19-13-6-7-17(14(20)10-13)23-18-15(21)8-12(9-16(18)22)11-4-2-1-3-5-11/h1-7,10,12,21H,8-9H2. The summed E-state index contributed by atoms with van der Waals surface area (Å²) < 4.78 is 26.7. The number of hydrogen-bond acceptors (Lipinski definition) is 3. The van der Waals surface area contributed by atoms with Crippen molar-refractivity contribution in [3.05, 3.63) is 76.4 Å². The van der Waals surface area contributed by atoms with Crippen LogP contribution in [0.3, 0.4) is 0 Å². The highest BCUT2D eigenvalue weighted by Gasteiger charge is 2.29. The fraction of sp³-hybridized carbons (Fsp3) is 0.167. The molecule has 118 valence electrons. The van der Waals surface area contributed by atoms with Crippen LogP contribution < -0.4 is 0 Å². The Morgan fingerprint density at radius 3 is 2.43 bits per heavy atom. The molecule has 0 spiro atoms. The van der Waals surface area contributed by atoms with Crippen LogP contribution in [-0.4, -0.2) is 10.9 Å². The van der Waals surface area contributed by atoms with Crippen molar-refractivity contribution in [3.8, 4) is 0 Å². The van der Waals surface area contributed by atoms with Crippen molar-refractivity contribution >= 4 is 17.5 Å². The van der Waals surface area contributed by atoms with Gasteiger partial charge in [0, 0.05) is 23.8 Å². The summed E-state index contributed by atoms with van der Waals surface area (Å²) in [6.07, 6.45) is 0.597. The molecule has 0 saturated heterocycles. The van der Waals surface area contributed by atoms with Crippen molar-refractivity contribution in [2.24, 2.45) is 0 Å². The molecule has 0 saturated carbocycles. The summed E-state index contributed by atoms with van der Waals surface area (Å²) in [5, 5.41) is 10.2.